The van der Waals surface area contributed by atoms with Crippen molar-refractivity contribution in [1.29, 1.82) is 0 Å². The third-order valence-corrected chi connectivity index (χ3v) is 6.69. The number of nitrogens with zero attached hydrogens (tertiary/aromatic N) is 1. The van der Waals surface area contributed by atoms with Crippen LogP contribution in [0.2, 0.25) is 0 Å². The Labute approximate surface area is 176 Å². The molecule has 0 radical (unpaired) electrons. The molecule has 0 fully saturated rings. The van der Waals surface area contributed by atoms with Gasteiger partial charge in [-0.3, -0.25) is 4.79 Å². The van der Waals surface area contributed by atoms with Crippen molar-refractivity contribution in [2.45, 2.75) is 43.9 Å². The van der Waals surface area contributed by atoms with Gasteiger partial charge in [0.1, 0.15) is 0 Å². The summed E-state index contributed by atoms with van der Waals surface area (Å²) in [7, 11) is 0. The molecule has 4 aromatic rings. The summed E-state index contributed by atoms with van der Waals surface area (Å²) in [4.78, 5) is 14.1. The quantitative estimate of drug-likeness (QED) is 0.367. The van der Waals surface area contributed by atoms with Gasteiger partial charge in [0, 0.05) is 38.9 Å². The van der Waals surface area contributed by atoms with E-state index in [1.54, 1.807) is 11.8 Å². The molecule has 1 aromatic heterocycles. The third-order valence-electron chi connectivity index (χ3n) is 5.32. The number of hydrogen-bond donors (Lipinski definition) is 1. The maximum atomic E-state index is 12.9. The predicted octanol–water partition coefficient (Wildman–Crippen LogP) is 6.63. The Morgan fingerprint density at radius 2 is 1.69 bits per heavy atom. The fourth-order valence-electron chi connectivity index (χ4n) is 3.80. The summed E-state index contributed by atoms with van der Waals surface area (Å²) in [5, 5.41) is 5.42. The first-order valence-electron chi connectivity index (χ1n) is 10.2. The molecule has 3 nitrogen and oxygen atoms in total. The Bertz CT molecular complexity index is 1160. The van der Waals surface area contributed by atoms with Crippen LogP contribution in [0.4, 0.5) is 5.69 Å². The van der Waals surface area contributed by atoms with Crippen molar-refractivity contribution >= 4 is 45.2 Å². The summed E-state index contributed by atoms with van der Waals surface area (Å²) in [5.74, 6) is 0.0525. The Balaban J connectivity index is 1.60. The minimum Gasteiger partial charge on any atom is -0.341 e. The van der Waals surface area contributed by atoms with Crippen molar-refractivity contribution in [1.82, 2.24) is 4.57 Å². The number of benzene rings is 3. The lowest BCUT2D eigenvalue weighted by atomic mass is 10.1. The number of aryl methyl sites for hydroxylation is 2. The van der Waals surface area contributed by atoms with Gasteiger partial charge in [-0.2, -0.15) is 0 Å². The Kier molecular flexibility index (Phi) is 5.63. The lowest BCUT2D eigenvalue weighted by Crippen LogP contribution is -2.24. The zero-order chi connectivity index (χ0) is 20.4. The molecule has 0 aliphatic rings. The van der Waals surface area contributed by atoms with Crippen molar-refractivity contribution < 1.29 is 4.79 Å². The van der Waals surface area contributed by atoms with Gasteiger partial charge in [-0.25, -0.2) is 0 Å². The lowest BCUT2D eigenvalue weighted by molar-refractivity contribution is -0.115. The Morgan fingerprint density at radius 3 is 2.41 bits per heavy atom. The zero-order valence-electron chi connectivity index (χ0n) is 17.1. The second-order valence-corrected chi connectivity index (χ2v) is 8.59. The number of rotatable bonds is 6. The summed E-state index contributed by atoms with van der Waals surface area (Å²) in [6.07, 6.45) is 0.780. The first-order valence-corrected chi connectivity index (χ1v) is 11.0. The summed E-state index contributed by atoms with van der Waals surface area (Å²) < 4.78 is 2.32. The van der Waals surface area contributed by atoms with Crippen LogP contribution in [0.1, 0.15) is 25.8 Å². The molecular weight excluding hydrogens is 376 g/mol. The number of hydrogen-bond acceptors (Lipinski definition) is 2. The van der Waals surface area contributed by atoms with Crippen LogP contribution in [0, 0.1) is 6.92 Å². The van der Waals surface area contributed by atoms with E-state index in [0.717, 1.165) is 23.5 Å². The summed E-state index contributed by atoms with van der Waals surface area (Å²) in [5.41, 5.74) is 4.51. The Morgan fingerprint density at radius 1 is 0.966 bits per heavy atom. The van der Waals surface area contributed by atoms with Gasteiger partial charge in [-0.05, 0) is 56.7 Å². The van der Waals surface area contributed by atoms with Gasteiger partial charge in [0.05, 0.1) is 5.25 Å². The summed E-state index contributed by atoms with van der Waals surface area (Å²) in [6, 6.07) is 23.0. The first kappa shape index (κ1) is 19.6. The number of anilines is 1. The van der Waals surface area contributed by atoms with Crippen LogP contribution in [0.25, 0.3) is 21.8 Å². The smallest absolute Gasteiger partial charge is 0.237 e. The minimum atomic E-state index is -0.120. The fourth-order valence-corrected chi connectivity index (χ4v) is 4.75. The standard InChI is InChI=1S/C25H26N2OS/c1-4-24(29-19-13-10-17(3)11-14-19)25(28)26-18-12-15-23-21(16-18)20-8-6-7-9-22(20)27(23)5-2/h6-16,24H,4-5H2,1-3H3,(H,26,28). The highest BCUT2D eigenvalue weighted by molar-refractivity contribution is 8.00. The number of para-hydroxylation sites is 1. The Hall–Kier alpha value is -2.72. The van der Waals surface area contributed by atoms with Crippen molar-refractivity contribution in [2.75, 3.05) is 5.32 Å². The molecule has 0 saturated carbocycles. The van der Waals surface area contributed by atoms with Crippen LogP contribution in [0.5, 0.6) is 0 Å². The molecule has 148 valence electrons. The monoisotopic (exact) mass is 402 g/mol. The van der Waals surface area contributed by atoms with E-state index < -0.39 is 0 Å². The fraction of sp³-hybridized carbons (Fsp3) is 0.240. The van der Waals surface area contributed by atoms with Gasteiger partial charge in [-0.1, -0.05) is 42.8 Å². The van der Waals surface area contributed by atoms with E-state index in [9.17, 15) is 4.79 Å². The van der Waals surface area contributed by atoms with E-state index in [1.165, 1.54) is 27.4 Å². The molecule has 4 rings (SSSR count). The van der Waals surface area contributed by atoms with E-state index in [0.29, 0.717) is 0 Å². The highest BCUT2D eigenvalue weighted by Gasteiger charge is 2.19. The summed E-state index contributed by atoms with van der Waals surface area (Å²) in [6.45, 7) is 7.21. The molecule has 1 amide bonds. The zero-order valence-corrected chi connectivity index (χ0v) is 17.9. The molecular formula is C25H26N2OS. The number of amides is 1. The molecule has 1 unspecified atom stereocenters. The number of carbonyl (C=O) groups excluding carboxylic acids is 1. The van der Waals surface area contributed by atoms with E-state index in [2.05, 4.69) is 91.3 Å². The van der Waals surface area contributed by atoms with E-state index in [4.69, 9.17) is 0 Å². The average molecular weight is 403 g/mol. The minimum absolute atomic E-state index is 0.0525. The largest absolute Gasteiger partial charge is 0.341 e. The molecule has 29 heavy (non-hydrogen) atoms. The van der Waals surface area contributed by atoms with Gasteiger partial charge < -0.3 is 9.88 Å². The number of fused-ring (bicyclic) bond motifs is 3. The normalized spacial score (nSPS) is 12.4. The van der Waals surface area contributed by atoms with Crippen LogP contribution in [-0.2, 0) is 11.3 Å². The number of thioether (sulfide) groups is 1. The molecule has 0 aliphatic heterocycles. The molecule has 3 aromatic carbocycles. The van der Waals surface area contributed by atoms with Crippen molar-refractivity contribution in [2.24, 2.45) is 0 Å². The molecule has 1 heterocycles. The van der Waals surface area contributed by atoms with Crippen LogP contribution in [0.15, 0.2) is 71.6 Å². The topological polar surface area (TPSA) is 34.0 Å². The molecule has 1 atom stereocenters. The van der Waals surface area contributed by atoms with Crippen molar-refractivity contribution in [3.63, 3.8) is 0 Å². The van der Waals surface area contributed by atoms with Crippen LogP contribution in [-0.4, -0.2) is 15.7 Å². The van der Waals surface area contributed by atoms with Gasteiger partial charge in [0.25, 0.3) is 0 Å². The van der Waals surface area contributed by atoms with Crippen molar-refractivity contribution in [3.8, 4) is 0 Å². The molecule has 1 N–H and O–H groups in total. The van der Waals surface area contributed by atoms with Crippen molar-refractivity contribution in [3.05, 3.63) is 72.3 Å². The molecule has 0 spiro atoms. The van der Waals surface area contributed by atoms with Gasteiger partial charge in [0.15, 0.2) is 0 Å². The average Bonchev–Trinajstić information content (AvgIpc) is 3.06. The van der Waals surface area contributed by atoms with E-state index >= 15 is 0 Å². The molecule has 0 bridgehead atoms. The summed E-state index contributed by atoms with van der Waals surface area (Å²) >= 11 is 1.62. The van der Waals surface area contributed by atoms with Crippen LogP contribution >= 0.6 is 11.8 Å². The predicted molar refractivity (Wildman–Crippen MR) is 125 cm³/mol. The van der Waals surface area contributed by atoms with Gasteiger partial charge in [-0.15, -0.1) is 11.8 Å². The van der Waals surface area contributed by atoms with Gasteiger partial charge >= 0.3 is 0 Å². The molecule has 0 saturated heterocycles. The highest BCUT2D eigenvalue weighted by Crippen LogP contribution is 2.32. The van der Waals surface area contributed by atoms with E-state index in [-0.39, 0.29) is 11.2 Å². The number of carbonyl (C=O) groups is 1. The molecule has 0 aliphatic carbocycles. The second-order valence-electron chi connectivity index (χ2n) is 7.31. The highest BCUT2D eigenvalue weighted by atomic mass is 32.2. The maximum absolute atomic E-state index is 12.9. The maximum Gasteiger partial charge on any atom is 0.237 e. The van der Waals surface area contributed by atoms with Crippen LogP contribution < -0.4 is 5.32 Å². The SMILES string of the molecule is CCC(Sc1ccc(C)cc1)C(=O)Nc1ccc2c(c1)c1ccccc1n2CC. The van der Waals surface area contributed by atoms with Gasteiger partial charge in [0.2, 0.25) is 5.91 Å². The number of aromatic nitrogens is 1. The third kappa shape index (κ3) is 3.90. The second kappa shape index (κ2) is 8.34. The number of nitrogens with one attached hydrogen (secondary N) is 1. The molecule has 4 heteroatoms. The van der Waals surface area contributed by atoms with Crippen LogP contribution in [0.3, 0.4) is 0 Å². The van der Waals surface area contributed by atoms with E-state index in [1.807, 2.05) is 6.07 Å². The first-order chi connectivity index (χ1) is 14.1. The lowest BCUT2D eigenvalue weighted by Gasteiger charge is -2.15.